The van der Waals surface area contributed by atoms with Crippen molar-refractivity contribution in [2.45, 2.75) is 26.3 Å². The zero-order valence-corrected chi connectivity index (χ0v) is 10.7. The molecule has 0 radical (unpaired) electrons. The Morgan fingerprint density at radius 2 is 1.82 bits per heavy atom. The Labute approximate surface area is 106 Å². The third-order valence-electron chi connectivity index (χ3n) is 1.87. The molecule has 3 nitrogen and oxygen atoms in total. The van der Waals surface area contributed by atoms with Gasteiger partial charge >= 0.3 is 0 Å². The first kappa shape index (κ1) is 13.4. The Balaban J connectivity index is 3.08. The molecule has 0 spiro atoms. The van der Waals surface area contributed by atoms with Gasteiger partial charge in [-0.25, -0.2) is 0 Å². The summed E-state index contributed by atoms with van der Waals surface area (Å²) in [6.45, 7) is 5.50. The van der Waals surface area contributed by atoms with E-state index in [0.717, 1.165) is 0 Å². The van der Waals surface area contributed by atoms with Crippen molar-refractivity contribution in [3.63, 3.8) is 0 Å². The second-order valence-corrected chi connectivity index (χ2v) is 5.02. The van der Waals surface area contributed by atoms with Crippen LogP contribution < -0.4 is 0 Å². The van der Waals surface area contributed by atoms with Crippen LogP contribution in [0.5, 0.6) is 0 Å². The number of hydrogen-bond donors (Lipinski definition) is 0. The van der Waals surface area contributed by atoms with E-state index in [9.17, 15) is 4.79 Å². The predicted octanol–water partition coefficient (Wildman–Crippen LogP) is 3.29. The van der Waals surface area contributed by atoms with Crippen molar-refractivity contribution < 1.29 is 4.79 Å². The highest BCUT2D eigenvalue weighted by molar-refractivity contribution is 6.51. The average Bonchev–Trinajstić information content (AvgIpc) is 2.25. The normalized spacial score (nSPS) is 12.1. The van der Waals surface area contributed by atoms with Gasteiger partial charge in [0.2, 0.25) is 5.78 Å². The third kappa shape index (κ3) is 4.01. The molecule has 0 aliphatic carbocycles. The molecule has 17 heavy (non-hydrogen) atoms. The second kappa shape index (κ2) is 5.11. The first-order valence-corrected chi connectivity index (χ1v) is 5.51. The van der Waals surface area contributed by atoms with Gasteiger partial charge < -0.3 is 0 Å². The first-order chi connectivity index (χ1) is 7.83. The Kier molecular flexibility index (Phi) is 4.03. The summed E-state index contributed by atoms with van der Waals surface area (Å²) in [5.41, 5.74) is -0.119. The summed E-state index contributed by atoms with van der Waals surface area (Å²) in [4.78, 5) is 16.1. The molecule has 1 aromatic rings. The van der Waals surface area contributed by atoms with Crippen molar-refractivity contribution in [2.75, 3.05) is 0 Å². The summed E-state index contributed by atoms with van der Waals surface area (Å²) in [6.07, 6.45) is 0. The average molecular weight is 249 g/mol. The van der Waals surface area contributed by atoms with Crippen LogP contribution >= 0.6 is 11.6 Å². The minimum Gasteiger partial charge on any atom is -0.286 e. The van der Waals surface area contributed by atoms with Crippen LogP contribution in [-0.2, 0) is 0 Å². The van der Waals surface area contributed by atoms with Crippen LogP contribution in [0.1, 0.15) is 31.1 Å². The molecule has 0 N–H and O–H groups in total. The van der Waals surface area contributed by atoms with Crippen LogP contribution in [0.4, 0.5) is 0 Å². The molecule has 88 valence electrons. The lowest BCUT2D eigenvalue weighted by atomic mass is 10.1. The number of carbonyl (C=O) groups is 1. The standard InChI is InChI=1S/C13H13ClN2O/c1-13(2,3)16-11(8-15)12(17)9-4-6-10(14)7-5-9/h4-7H,1-3H3/b16-11+. The Hall–Kier alpha value is -1.66. The van der Waals surface area contributed by atoms with Gasteiger partial charge in [0.25, 0.3) is 0 Å². The zero-order valence-electron chi connectivity index (χ0n) is 9.99. The maximum atomic E-state index is 12.0. The topological polar surface area (TPSA) is 53.2 Å². The number of hydrogen-bond acceptors (Lipinski definition) is 3. The lowest BCUT2D eigenvalue weighted by molar-refractivity contribution is 0.106. The van der Waals surface area contributed by atoms with E-state index in [1.54, 1.807) is 24.3 Å². The van der Waals surface area contributed by atoms with Crippen LogP contribution in [0.15, 0.2) is 29.3 Å². The Bertz CT molecular complexity index is 490. The van der Waals surface area contributed by atoms with Crippen LogP contribution in [-0.4, -0.2) is 17.0 Å². The minimum absolute atomic E-state index is 0.0835. The second-order valence-electron chi connectivity index (χ2n) is 4.58. The molecule has 1 rings (SSSR count). The van der Waals surface area contributed by atoms with E-state index in [-0.39, 0.29) is 11.5 Å². The van der Waals surface area contributed by atoms with E-state index >= 15 is 0 Å². The van der Waals surface area contributed by atoms with Crippen molar-refractivity contribution in [3.05, 3.63) is 34.9 Å². The number of nitriles is 1. The Morgan fingerprint density at radius 1 is 1.29 bits per heavy atom. The van der Waals surface area contributed by atoms with Gasteiger partial charge in [-0.15, -0.1) is 0 Å². The number of ketones is 1. The summed E-state index contributed by atoms with van der Waals surface area (Å²) in [6, 6.07) is 8.23. The van der Waals surface area contributed by atoms with Gasteiger partial charge in [-0.3, -0.25) is 9.79 Å². The minimum atomic E-state index is -0.451. The van der Waals surface area contributed by atoms with Gasteiger partial charge in [0.15, 0.2) is 5.71 Å². The molecule has 0 saturated heterocycles. The Morgan fingerprint density at radius 3 is 2.24 bits per heavy atom. The van der Waals surface area contributed by atoms with Crippen LogP contribution in [0.2, 0.25) is 5.02 Å². The van der Waals surface area contributed by atoms with Gasteiger partial charge in [-0.1, -0.05) is 11.6 Å². The molecule has 0 heterocycles. The van der Waals surface area contributed by atoms with Gasteiger partial charge in [0.1, 0.15) is 6.07 Å². The molecule has 4 heteroatoms. The quantitative estimate of drug-likeness (QED) is 0.596. The van der Waals surface area contributed by atoms with E-state index in [4.69, 9.17) is 16.9 Å². The van der Waals surface area contributed by atoms with Crippen molar-refractivity contribution in [1.29, 1.82) is 5.26 Å². The maximum Gasteiger partial charge on any atom is 0.221 e. The van der Waals surface area contributed by atoms with E-state index in [2.05, 4.69) is 4.99 Å². The number of rotatable bonds is 2. The molecule has 0 atom stereocenters. The fraction of sp³-hybridized carbons (Fsp3) is 0.308. The van der Waals surface area contributed by atoms with Crippen LogP contribution in [0, 0.1) is 11.3 Å². The summed E-state index contributed by atoms with van der Waals surface area (Å²) >= 11 is 5.73. The largest absolute Gasteiger partial charge is 0.286 e. The molecule has 0 aliphatic rings. The number of benzene rings is 1. The SMILES string of the molecule is CC(C)(C)/N=C(\C#N)C(=O)c1ccc(Cl)cc1. The van der Waals surface area contributed by atoms with Crippen molar-refractivity contribution in [1.82, 2.24) is 0 Å². The molecule has 0 amide bonds. The highest BCUT2D eigenvalue weighted by atomic mass is 35.5. The molecule has 0 fully saturated rings. The maximum absolute atomic E-state index is 12.0. The van der Waals surface area contributed by atoms with Crippen molar-refractivity contribution >= 4 is 23.1 Å². The summed E-state index contributed by atoms with van der Waals surface area (Å²) < 4.78 is 0. The van der Waals surface area contributed by atoms with Crippen LogP contribution in [0.3, 0.4) is 0 Å². The monoisotopic (exact) mass is 248 g/mol. The summed E-state index contributed by atoms with van der Waals surface area (Å²) in [5.74, 6) is -0.376. The lowest BCUT2D eigenvalue weighted by Crippen LogP contribution is -2.19. The van der Waals surface area contributed by atoms with Crippen LogP contribution in [0.25, 0.3) is 0 Å². The predicted molar refractivity (Wildman–Crippen MR) is 68.6 cm³/mol. The van der Waals surface area contributed by atoms with E-state index in [0.29, 0.717) is 10.6 Å². The molecule has 1 aromatic carbocycles. The zero-order chi connectivity index (χ0) is 13.1. The highest BCUT2D eigenvalue weighted by Crippen LogP contribution is 2.12. The van der Waals surface area contributed by atoms with Gasteiger partial charge in [0, 0.05) is 10.6 Å². The highest BCUT2D eigenvalue weighted by Gasteiger charge is 2.17. The van der Waals surface area contributed by atoms with Gasteiger partial charge in [-0.2, -0.15) is 5.26 Å². The number of halogens is 1. The van der Waals surface area contributed by atoms with E-state index in [1.807, 2.05) is 26.8 Å². The van der Waals surface area contributed by atoms with Crippen molar-refractivity contribution in [2.24, 2.45) is 4.99 Å². The lowest BCUT2D eigenvalue weighted by Gasteiger charge is -2.12. The number of Topliss-reactive ketones (excluding diaryl/α,β-unsaturated/α-hetero) is 1. The third-order valence-corrected chi connectivity index (χ3v) is 2.13. The molecule has 0 aliphatic heterocycles. The number of nitrogens with zero attached hydrogens (tertiary/aromatic N) is 2. The molecular weight excluding hydrogens is 236 g/mol. The molecule has 0 aromatic heterocycles. The smallest absolute Gasteiger partial charge is 0.221 e. The van der Waals surface area contributed by atoms with E-state index in [1.165, 1.54) is 0 Å². The summed E-state index contributed by atoms with van der Waals surface area (Å²) in [5, 5.41) is 9.50. The fourth-order valence-electron chi connectivity index (χ4n) is 1.20. The molecule has 0 bridgehead atoms. The molecular formula is C13H13ClN2O. The van der Waals surface area contributed by atoms with Gasteiger partial charge in [0.05, 0.1) is 5.54 Å². The van der Waals surface area contributed by atoms with E-state index < -0.39 is 5.54 Å². The fourth-order valence-corrected chi connectivity index (χ4v) is 1.33. The number of aliphatic imine (C=N–C) groups is 1. The van der Waals surface area contributed by atoms with Crippen molar-refractivity contribution in [3.8, 4) is 6.07 Å². The first-order valence-electron chi connectivity index (χ1n) is 5.14. The summed E-state index contributed by atoms with van der Waals surface area (Å²) in [7, 11) is 0. The molecule has 0 unspecified atom stereocenters. The molecule has 0 saturated carbocycles. The number of carbonyl (C=O) groups excluding carboxylic acids is 1. The van der Waals surface area contributed by atoms with Gasteiger partial charge in [-0.05, 0) is 45.0 Å².